The van der Waals surface area contributed by atoms with E-state index in [1.807, 2.05) is 6.20 Å². The summed E-state index contributed by atoms with van der Waals surface area (Å²) in [6.45, 7) is 6.55. The monoisotopic (exact) mass is 290 g/mol. The average molecular weight is 290 g/mol. The van der Waals surface area contributed by atoms with Crippen LogP contribution in [0.15, 0.2) is 36.8 Å². The summed E-state index contributed by atoms with van der Waals surface area (Å²) in [5.41, 5.74) is 9.28. The lowest BCUT2D eigenvalue weighted by atomic mass is 9.94. The number of fused-ring (bicyclic) bond motifs is 3. The fourth-order valence-electron chi connectivity index (χ4n) is 3.49. The Hall–Kier alpha value is -2.42. The number of rotatable bonds is 1. The van der Waals surface area contributed by atoms with Crippen LogP contribution in [0.3, 0.4) is 0 Å². The molecule has 0 aliphatic carbocycles. The van der Waals surface area contributed by atoms with E-state index in [0.29, 0.717) is 0 Å². The van der Waals surface area contributed by atoms with Crippen LogP contribution in [-0.2, 0) is 13.5 Å². The first-order valence-electron chi connectivity index (χ1n) is 7.68. The highest BCUT2D eigenvalue weighted by Crippen LogP contribution is 2.36. The first kappa shape index (κ1) is 13.3. The predicted octanol–water partition coefficient (Wildman–Crippen LogP) is 3.19. The van der Waals surface area contributed by atoms with Crippen LogP contribution < -0.4 is 4.57 Å². The molecule has 0 saturated carbocycles. The molecule has 2 aromatic heterocycles. The van der Waals surface area contributed by atoms with Crippen LogP contribution in [0.5, 0.6) is 0 Å². The highest BCUT2D eigenvalue weighted by atomic mass is 15.1. The molecule has 0 fully saturated rings. The van der Waals surface area contributed by atoms with Crippen LogP contribution in [0.25, 0.3) is 16.9 Å². The van der Waals surface area contributed by atoms with Crippen molar-refractivity contribution in [3.05, 3.63) is 64.9 Å². The second kappa shape index (κ2) is 4.54. The molecule has 1 aliphatic heterocycles. The number of hydrogen-bond donors (Lipinski definition) is 0. The minimum atomic E-state index is 0.909. The summed E-state index contributed by atoms with van der Waals surface area (Å²) in [4.78, 5) is 4.49. The summed E-state index contributed by atoms with van der Waals surface area (Å²) in [6.07, 6.45) is 7.07. The molecule has 3 heterocycles. The van der Waals surface area contributed by atoms with E-state index in [2.05, 4.69) is 72.5 Å². The van der Waals surface area contributed by atoms with Gasteiger partial charge in [-0.1, -0.05) is 6.07 Å². The minimum absolute atomic E-state index is 0.909. The van der Waals surface area contributed by atoms with Crippen molar-refractivity contribution in [2.24, 2.45) is 7.05 Å². The summed E-state index contributed by atoms with van der Waals surface area (Å²) in [5.74, 6) is 1.13. The van der Waals surface area contributed by atoms with E-state index < -0.39 is 0 Å². The smallest absolute Gasteiger partial charge is 0.213 e. The predicted molar refractivity (Wildman–Crippen MR) is 87.2 cm³/mol. The Bertz CT molecular complexity index is 903. The first-order chi connectivity index (χ1) is 10.6. The molecule has 0 saturated heterocycles. The van der Waals surface area contributed by atoms with Gasteiger partial charge in [0.05, 0.1) is 11.3 Å². The van der Waals surface area contributed by atoms with Gasteiger partial charge in [0.25, 0.3) is 0 Å². The second-order valence-corrected chi connectivity index (χ2v) is 6.28. The maximum Gasteiger partial charge on any atom is 0.213 e. The summed E-state index contributed by atoms with van der Waals surface area (Å²) in [5, 5.41) is 0. The number of hydrogen-bond acceptors (Lipinski definition) is 1. The molecule has 0 unspecified atom stereocenters. The third-order valence-corrected chi connectivity index (χ3v) is 4.81. The molecular formula is C19H20N3+. The average Bonchev–Trinajstić information content (AvgIpc) is 3.04. The van der Waals surface area contributed by atoms with Crippen molar-refractivity contribution in [2.45, 2.75) is 27.2 Å². The molecule has 0 amide bonds. The Morgan fingerprint density at radius 3 is 2.73 bits per heavy atom. The molecule has 3 aromatic rings. The summed E-state index contributed by atoms with van der Waals surface area (Å²) in [6, 6.07) is 6.74. The molecule has 3 heteroatoms. The number of aromatic nitrogens is 3. The Balaban J connectivity index is 2.01. The molecule has 0 N–H and O–H groups in total. The van der Waals surface area contributed by atoms with Crippen LogP contribution >= 0.6 is 0 Å². The lowest BCUT2D eigenvalue weighted by Gasteiger charge is -2.12. The van der Waals surface area contributed by atoms with Gasteiger partial charge in [-0.25, -0.2) is 9.55 Å². The van der Waals surface area contributed by atoms with Gasteiger partial charge >= 0.3 is 0 Å². The number of benzene rings is 1. The van der Waals surface area contributed by atoms with E-state index in [9.17, 15) is 0 Å². The zero-order chi connectivity index (χ0) is 15.4. The number of imidazole rings is 1. The van der Waals surface area contributed by atoms with E-state index >= 15 is 0 Å². The number of pyridine rings is 1. The van der Waals surface area contributed by atoms with Gasteiger partial charge in [-0.15, -0.1) is 0 Å². The van der Waals surface area contributed by atoms with Crippen molar-refractivity contribution < 1.29 is 4.57 Å². The summed E-state index contributed by atoms with van der Waals surface area (Å²) >= 11 is 0. The van der Waals surface area contributed by atoms with Gasteiger partial charge in [0.1, 0.15) is 12.9 Å². The molecule has 0 atom stereocenters. The van der Waals surface area contributed by atoms with Gasteiger partial charge in [-0.2, -0.15) is 0 Å². The van der Waals surface area contributed by atoms with Crippen LogP contribution in [0.2, 0.25) is 0 Å². The molecule has 4 rings (SSSR count). The normalized spacial score (nSPS) is 12.4. The SMILES string of the molecule is Cc1cc(-c2c(C)ccc3c2Cc2nccn2-3)[n+](C)cc1C. The molecule has 0 spiro atoms. The third kappa shape index (κ3) is 1.75. The summed E-state index contributed by atoms with van der Waals surface area (Å²) < 4.78 is 4.45. The second-order valence-electron chi connectivity index (χ2n) is 6.28. The third-order valence-electron chi connectivity index (χ3n) is 4.81. The van der Waals surface area contributed by atoms with E-state index in [1.54, 1.807) is 0 Å². The molecule has 3 nitrogen and oxygen atoms in total. The molecular weight excluding hydrogens is 270 g/mol. The van der Waals surface area contributed by atoms with Crippen LogP contribution in [0.1, 0.15) is 28.1 Å². The zero-order valence-electron chi connectivity index (χ0n) is 13.5. The minimum Gasteiger partial charge on any atom is -0.303 e. The number of nitrogens with zero attached hydrogens (tertiary/aromatic N) is 3. The molecule has 0 radical (unpaired) electrons. The number of aryl methyl sites for hydroxylation is 4. The van der Waals surface area contributed by atoms with Crippen molar-refractivity contribution in [2.75, 3.05) is 0 Å². The molecule has 110 valence electrons. The zero-order valence-corrected chi connectivity index (χ0v) is 13.5. The van der Waals surface area contributed by atoms with Crippen LogP contribution in [0.4, 0.5) is 0 Å². The quantitative estimate of drug-likeness (QED) is 0.493. The fraction of sp³-hybridized carbons (Fsp3) is 0.263. The molecule has 0 bridgehead atoms. The van der Waals surface area contributed by atoms with Gasteiger partial charge in [0.15, 0.2) is 6.20 Å². The fourth-order valence-corrected chi connectivity index (χ4v) is 3.49. The largest absolute Gasteiger partial charge is 0.303 e. The molecule has 1 aromatic carbocycles. The molecule has 1 aliphatic rings. The van der Waals surface area contributed by atoms with Crippen molar-refractivity contribution in [1.29, 1.82) is 0 Å². The van der Waals surface area contributed by atoms with Gasteiger partial charge < -0.3 is 4.57 Å². The van der Waals surface area contributed by atoms with Crippen LogP contribution in [0, 0.1) is 20.8 Å². The van der Waals surface area contributed by atoms with Gasteiger partial charge in [-0.3, -0.25) is 0 Å². The Morgan fingerprint density at radius 1 is 1.09 bits per heavy atom. The highest BCUT2D eigenvalue weighted by molar-refractivity contribution is 5.73. The topological polar surface area (TPSA) is 21.7 Å². The summed E-state index contributed by atoms with van der Waals surface area (Å²) in [7, 11) is 2.13. The Labute approximate surface area is 130 Å². The maximum atomic E-state index is 4.49. The lowest BCUT2D eigenvalue weighted by Crippen LogP contribution is -2.32. The van der Waals surface area contributed by atoms with Gasteiger partial charge in [0.2, 0.25) is 5.69 Å². The van der Waals surface area contributed by atoms with Crippen molar-refractivity contribution in [3.63, 3.8) is 0 Å². The van der Waals surface area contributed by atoms with Gasteiger partial charge in [-0.05, 0) is 43.5 Å². The van der Waals surface area contributed by atoms with Crippen molar-refractivity contribution >= 4 is 0 Å². The van der Waals surface area contributed by atoms with E-state index in [0.717, 1.165) is 12.2 Å². The first-order valence-corrected chi connectivity index (χ1v) is 7.68. The van der Waals surface area contributed by atoms with Crippen molar-refractivity contribution in [1.82, 2.24) is 9.55 Å². The van der Waals surface area contributed by atoms with E-state index in [1.165, 1.54) is 39.2 Å². The maximum absolute atomic E-state index is 4.49. The van der Waals surface area contributed by atoms with E-state index in [4.69, 9.17) is 0 Å². The van der Waals surface area contributed by atoms with Crippen molar-refractivity contribution in [3.8, 4) is 16.9 Å². The Morgan fingerprint density at radius 2 is 1.91 bits per heavy atom. The highest BCUT2D eigenvalue weighted by Gasteiger charge is 2.26. The lowest BCUT2D eigenvalue weighted by molar-refractivity contribution is -0.660. The Kier molecular flexibility index (Phi) is 2.73. The van der Waals surface area contributed by atoms with Gasteiger partial charge in [0, 0.05) is 30.4 Å². The standard InChI is InChI=1S/C19H20N3/c1-12-5-6-16-15(10-18-20-7-8-22(16)18)19(12)17-9-13(2)14(3)11-21(17)4/h5-9,11H,10H2,1-4H3/q+1. The van der Waals surface area contributed by atoms with E-state index in [-0.39, 0.29) is 0 Å². The van der Waals surface area contributed by atoms with Crippen LogP contribution in [-0.4, -0.2) is 9.55 Å². The molecule has 22 heavy (non-hydrogen) atoms.